The van der Waals surface area contributed by atoms with Gasteiger partial charge in [-0.25, -0.2) is 0 Å². The Kier molecular flexibility index (Phi) is 7.91. The van der Waals surface area contributed by atoms with E-state index in [4.69, 9.17) is 13.9 Å². The molecule has 4 rings (SSSR count). The van der Waals surface area contributed by atoms with Gasteiger partial charge in [-0.1, -0.05) is 23.1 Å². The number of piperazine rings is 1. The van der Waals surface area contributed by atoms with E-state index in [9.17, 15) is 9.59 Å². The first-order valence-electron chi connectivity index (χ1n) is 10.6. The molecule has 10 nitrogen and oxygen atoms in total. The fourth-order valence-electron chi connectivity index (χ4n) is 3.41. The number of amides is 2. The number of thioether (sulfide) groups is 1. The van der Waals surface area contributed by atoms with Crippen molar-refractivity contribution in [1.82, 2.24) is 20.4 Å². The summed E-state index contributed by atoms with van der Waals surface area (Å²) in [5, 5.41) is 12.1. The van der Waals surface area contributed by atoms with E-state index in [2.05, 4.69) is 20.4 Å². The van der Waals surface area contributed by atoms with E-state index in [0.717, 1.165) is 9.47 Å². The minimum absolute atomic E-state index is 0.0757. The molecule has 0 atom stereocenters. The third-order valence-electron chi connectivity index (χ3n) is 5.24. The molecule has 1 aromatic carbocycles. The van der Waals surface area contributed by atoms with E-state index in [-0.39, 0.29) is 17.6 Å². The Morgan fingerprint density at radius 2 is 1.97 bits per heavy atom. The summed E-state index contributed by atoms with van der Waals surface area (Å²) >= 11 is 2.79. The Labute approximate surface area is 205 Å². The van der Waals surface area contributed by atoms with E-state index < -0.39 is 0 Å². The number of nitrogens with one attached hydrogen (secondary N) is 1. The Bertz CT molecular complexity index is 1110. The van der Waals surface area contributed by atoms with Gasteiger partial charge in [0.2, 0.25) is 11.0 Å². The van der Waals surface area contributed by atoms with E-state index in [1.807, 2.05) is 6.07 Å². The highest BCUT2D eigenvalue weighted by molar-refractivity contribution is 8.01. The molecule has 34 heavy (non-hydrogen) atoms. The molecule has 0 spiro atoms. The highest BCUT2D eigenvalue weighted by atomic mass is 32.2. The number of benzene rings is 1. The molecule has 0 unspecified atom stereocenters. The predicted octanol–water partition coefficient (Wildman–Crippen LogP) is 2.52. The van der Waals surface area contributed by atoms with Gasteiger partial charge >= 0.3 is 0 Å². The largest absolute Gasteiger partial charge is 0.497 e. The topological polar surface area (TPSA) is 110 Å². The number of carbonyl (C=O) groups is 2. The molecule has 1 aliphatic rings. The van der Waals surface area contributed by atoms with Crippen LogP contribution in [-0.2, 0) is 11.3 Å². The van der Waals surface area contributed by atoms with E-state index in [0.29, 0.717) is 55.5 Å². The number of hydrogen-bond acceptors (Lipinski definition) is 10. The molecule has 1 aliphatic heterocycles. The molecule has 3 aromatic rings. The first kappa shape index (κ1) is 23.9. The van der Waals surface area contributed by atoms with E-state index >= 15 is 0 Å². The minimum atomic E-state index is -0.0979. The van der Waals surface area contributed by atoms with Crippen molar-refractivity contribution in [2.24, 2.45) is 0 Å². The van der Waals surface area contributed by atoms with Gasteiger partial charge in [-0.3, -0.25) is 9.59 Å². The van der Waals surface area contributed by atoms with E-state index in [1.54, 1.807) is 42.5 Å². The van der Waals surface area contributed by atoms with Gasteiger partial charge in [0.15, 0.2) is 4.34 Å². The zero-order chi connectivity index (χ0) is 23.9. The number of anilines is 1. The van der Waals surface area contributed by atoms with Crippen molar-refractivity contribution in [3.05, 3.63) is 47.9 Å². The Morgan fingerprint density at radius 1 is 1.15 bits per heavy atom. The Morgan fingerprint density at radius 3 is 2.68 bits per heavy atom. The molecule has 0 aliphatic carbocycles. The molecule has 1 N–H and O–H groups in total. The first-order chi connectivity index (χ1) is 16.6. The number of rotatable bonds is 9. The highest BCUT2D eigenvalue weighted by Gasteiger charge is 2.26. The fraction of sp³-hybridized carbons (Fsp3) is 0.364. The quantitative estimate of drug-likeness (QED) is 0.441. The average molecular weight is 504 g/mol. The SMILES string of the molecule is COc1ccc(C(=O)N2CCN(c3nnc(SCC(=O)NCc4ccco4)s3)CC2)c(OC)c1. The van der Waals surface area contributed by atoms with Gasteiger partial charge in [0.1, 0.15) is 17.3 Å². The van der Waals surface area contributed by atoms with Crippen molar-refractivity contribution in [3.8, 4) is 11.5 Å². The molecule has 180 valence electrons. The lowest BCUT2D eigenvalue weighted by Gasteiger charge is -2.34. The van der Waals surface area contributed by atoms with Crippen LogP contribution in [-0.4, -0.2) is 73.1 Å². The lowest BCUT2D eigenvalue weighted by atomic mass is 10.1. The maximum atomic E-state index is 13.0. The summed E-state index contributed by atoms with van der Waals surface area (Å²) in [5.41, 5.74) is 0.511. The van der Waals surface area contributed by atoms with Crippen LogP contribution < -0.4 is 19.7 Å². The van der Waals surface area contributed by atoms with Gasteiger partial charge in [-0.05, 0) is 24.3 Å². The van der Waals surface area contributed by atoms with Crippen molar-refractivity contribution in [2.45, 2.75) is 10.9 Å². The van der Waals surface area contributed by atoms with Crippen molar-refractivity contribution < 1.29 is 23.5 Å². The molecular weight excluding hydrogens is 478 g/mol. The zero-order valence-electron chi connectivity index (χ0n) is 18.9. The fourth-order valence-corrected chi connectivity index (χ4v) is 5.13. The van der Waals surface area contributed by atoms with Gasteiger partial charge < -0.3 is 29.0 Å². The molecule has 3 heterocycles. The van der Waals surface area contributed by atoms with Crippen molar-refractivity contribution in [2.75, 3.05) is 51.1 Å². The van der Waals surface area contributed by atoms with Crippen LogP contribution in [0, 0.1) is 0 Å². The normalized spacial score (nSPS) is 13.6. The Hall–Kier alpha value is -3.25. The summed E-state index contributed by atoms with van der Waals surface area (Å²) in [7, 11) is 3.11. The second-order valence-corrected chi connectivity index (χ2v) is 9.52. The van der Waals surface area contributed by atoms with Gasteiger partial charge in [0.25, 0.3) is 5.91 Å². The number of ether oxygens (including phenoxy) is 2. The maximum Gasteiger partial charge on any atom is 0.257 e. The molecule has 0 saturated carbocycles. The molecule has 2 amide bonds. The summed E-state index contributed by atoms with van der Waals surface area (Å²) < 4.78 is 16.5. The summed E-state index contributed by atoms with van der Waals surface area (Å²) in [6.45, 7) is 2.77. The molecule has 12 heteroatoms. The standard InChI is InChI=1S/C22H25N5O5S2/c1-30-15-5-6-17(18(12-15)31-2)20(29)26-7-9-27(10-8-26)21-24-25-22(34-21)33-14-19(28)23-13-16-4-3-11-32-16/h3-6,11-12H,7-10,13-14H2,1-2H3,(H,23,28). The van der Waals surface area contributed by atoms with Crippen molar-refractivity contribution in [1.29, 1.82) is 0 Å². The van der Waals surface area contributed by atoms with Crippen molar-refractivity contribution >= 4 is 40.0 Å². The summed E-state index contributed by atoms with van der Waals surface area (Å²) in [5.74, 6) is 1.91. The summed E-state index contributed by atoms with van der Waals surface area (Å²) in [4.78, 5) is 29.0. The van der Waals surface area contributed by atoms with Crippen LogP contribution in [0.5, 0.6) is 11.5 Å². The number of aromatic nitrogens is 2. The zero-order valence-corrected chi connectivity index (χ0v) is 20.5. The van der Waals surface area contributed by atoms with Gasteiger partial charge in [0, 0.05) is 32.2 Å². The second-order valence-electron chi connectivity index (χ2n) is 7.34. The second kappa shape index (κ2) is 11.3. The monoisotopic (exact) mass is 503 g/mol. The smallest absolute Gasteiger partial charge is 0.257 e. The van der Waals surface area contributed by atoms with Crippen LogP contribution >= 0.6 is 23.1 Å². The number of carbonyl (C=O) groups excluding carboxylic acids is 2. The maximum absolute atomic E-state index is 13.0. The third-order valence-corrected chi connectivity index (χ3v) is 7.36. The van der Waals surface area contributed by atoms with Crippen LogP contribution in [0.4, 0.5) is 5.13 Å². The van der Waals surface area contributed by atoms with E-state index in [1.165, 1.54) is 30.2 Å². The van der Waals surface area contributed by atoms with Crippen LogP contribution in [0.25, 0.3) is 0 Å². The number of nitrogens with zero attached hydrogens (tertiary/aromatic N) is 4. The lowest BCUT2D eigenvalue weighted by molar-refractivity contribution is -0.118. The lowest BCUT2D eigenvalue weighted by Crippen LogP contribution is -2.48. The van der Waals surface area contributed by atoms with Crippen LogP contribution in [0.2, 0.25) is 0 Å². The van der Waals surface area contributed by atoms with Gasteiger partial charge in [0.05, 0.1) is 38.3 Å². The number of furan rings is 1. The van der Waals surface area contributed by atoms with Crippen LogP contribution in [0.1, 0.15) is 16.1 Å². The highest BCUT2D eigenvalue weighted by Crippen LogP contribution is 2.30. The molecule has 0 bridgehead atoms. The average Bonchev–Trinajstić information content (AvgIpc) is 3.58. The summed E-state index contributed by atoms with van der Waals surface area (Å²) in [6, 6.07) is 8.78. The molecule has 1 fully saturated rings. The van der Waals surface area contributed by atoms with Crippen LogP contribution in [0.3, 0.4) is 0 Å². The third kappa shape index (κ3) is 5.81. The van der Waals surface area contributed by atoms with Crippen LogP contribution in [0.15, 0.2) is 45.4 Å². The van der Waals surface area contributed by atoms with Gasteiger partial charge in [-0.2, -0.15) is 0 Å². The number of hydrogen-bond donors (Lipinski definition) is 1. The molecular formula is C22H25N5O5S2. The number of methoxy groups -OCH3 is 2. The predicted molar refractivity (Wildman–Crippen MR) is 129 cm³/mol. The summed E-state index contributed by atoms with van der Waals surface area (Å²) in [6.07, 6.45) is 1.57. The minimum Gasteiger partial charge on any atom is -0.497 e. The first-order valence-corrected chi connectivity index (χ1v) is 12.4. The van der Waals surface area contributed by atoms with Gasteiger partial charge in [-0.15, -0.1) is 10.2 Å². The Balaban J connectivity index is 1.26. The molecule has 1 saturated heterocycles. The molecule has 0 radical (unpaired) electrons. The molecule has 2 aromatic heterocycles. The van der Waals surface area contributed by atoms with Crippen molar-refractivity contribution in [3.63, 3.8) is 0 Å².